The van der Waals surface area contributed by atoms with E-state index in [9.17, 15) is 9.90 Å². The Morgan fingerprint density at radius 2 is 2.13 bits per heavy atom. The maximum atomic E-state index is 11.6. The van der Waals surface area contributed by atoms with Gasteiger partial charge in [0.2, 0.25) is 0 Å². The Bertz CT molecular complexity index is 552. The van der Waals surface area contributed by atoms with Crippen LogP contribution in [0.25, 0.3) is 11.0 Å². The summed E-state index contributed by atoms with van der Waals surface area (Å²) in [5.74, 6) is 0. The number of hydrogen-bond donors (Lipinski definition) is 1. The molecule has 0 amide bonds. The van der Waals surface area contributed by atoms with E-state index in [2.05, 4.69) is 0 Å². The van der Waals surface area contributed by atoms with E-state index in [-0.39, 0.29) is 5.43 Å². The van der Waals surface area contributed by atoms with E-state index in [1.807, 2.05) is 13.0 Å². The van der Waals surface area contributed by atoms with Crippen molar-refractivity contribution in [2.75, 3.05) is 0 Å². The normalized spacial score (nSPS) is 13.0. The molecule has 3 nitrogen and oxygen atoms in total. The van der Waals surface area contributed by atoms with Crippen LogP contribution < -0.4 is 5.43 Å². The van der Waals surface area contributed by atoms with E-state index < -0.39 is 6.10 Å². The molecule has 0 radical (unpaired) electrons. The number of hydrogen-bond acceptors (Lipinski definition) is 3. The first-order valence-electron chi connectivity index (χ1n) is 4.79. The molecule has 0 aliphatic carbocycles. The highest BCUT2D eigenvalue weighted by atomic mass is 16.3. The topological polar surface area (TPSA) is 50.4 Å². The standard InChI is InChI=1S/C12H12O3/c1-7-5-9(8(2)13)12-10(6-7)11(14)3-4-15-12/h3-6,8,13H,1-2H3. The van der Waals surface area contributed by atoms with Gasteiger partial charge < -0.3 is 9.52 Å². The third kappa shape index (κ3) is 1.66. The molecule has 1 atom stereocenters. The minimum atomic E-state index is -0.641. The van der Waals surface area contributed by atoms with Gasteiger partial charge in [-0.25, -0.2) is 0 Å². The Morgan fingerprint density at radius 1 is 1.40 bits per heavy atom. The zero-order chi connectivity index (χ0) is 11.0. The lowest BCUT2D eigenvalue weighted by atomic mass is 10.0. The third-order valence-electron chi connectivity index (χ3n) is 2.38. The van der Waals surface area contributed by atoms with Gasteiger partial charge in [-0.15, -0.1) is 0 Å². The van der Waals surface area contributed by atoms with Gasteiger partial charge in [-0.2, -0.15) is 0 Å². The molecular weight excluding hydrogens is 192 g/mol. The van der Waals surface area contributed by atoms with Gasteiger partial charge in [-0.1, -0.05) is 0 Å². The highest BCUT2D eigenvalue weighted by Crippen LogP contribution is 2.23. The maximum Gasteiger partial charge on any atom is 0.192 e. The summed E-state index contributed by atoms with van der Waals surface area (Å²) < 4.78 is 5.28. The lowest BCUT2D eigenvalue weighted by Crippen LogP contribution is -2.02. The Labute approximate surface area is 87.0 Å². The number of aliphatic hydroxyl groups is 1. The molecule has 0 fully saturated rings. The Balaban J connectivity index is 2.93. The molecule has 0 aliphatic rings. The summed E-state index contributed by atoms with van der Waals surface area (Å²) in [7, 11) is 0. The van der Waals surface area contributed by atoms with Crippen LogP contribution in [0.15, 0.2) is 33.7 Å². The fourth-order valence-electron chi connectivity index (χ4n) is 1.68. The fraction of sp³-hybridized carbons (Fsp3) is 0.250. The zero-order valence-electron chi connectivity index (χ0n) is 8.65. The smallest absolute Gasteiger partial charge is 0.192 e. The highest BCUT2D eigenvalue weighted by Gasteiger charge is 2.11. The van der Waals surface area contributed by atoms with Crippen LogP contribution in [-0.4, -0.2) is 5.11 Å². The highest BCUT2D eigenvalue weighted by molar-refractivity contribution is 5.80. The lowest BCUT2D eigenvalue weighted by Gasteiger charge is -2.08. The predicted octanol–water partition coefficient (Wildman–Crippen LogP) is 2.15. The maximum absolute atomic E-state index is 11.6. The summed E-state index contributed by atoms with van der Waals surface area (Å²) >= 11 is 0. The van der Waals surface area contributed by atoms with Crippen LogP contribution in [-0.2, 0) is 0 Å². The van der Waals surface area contributed by atoms with E-state index in [1.165, 1.54) is 12.3 Å². The molecule has 78 valence electrons. The van der Waals surface area contributed by atoms with Crippen LogP contribution in [0.5, 0.6) is 0 Å². The second kappa shape index (κ2) is 3.51. The Morgan fingerprint density at radius 3 is 2.80 bits per heavy atom. The van der Waals surface area contributed by atoms with E-state index in [0.29, 0.717) is 16.5 Å². The van der Waals surface area contributed by atoms with Crippen LogP contribution in [0, 0.1) is 6.92 Å². The molecule has 15 heavy (non-hydrogen) atoms. The lowest BCUT2D eigenvalue weighted by molar-refractivity contribution is 0.199. The van der Waals surface area contributed by atoms with Gasteiger partial charge in [0.15, 0.2) is 5.43 Å². The molecular formula is C12H12O3. The van der Waals surface area contributed by atoms with Crippen LogP contribution in [0.4, 0.5) is 0 Å². The van der Waals surface area contributed by atoms with E-state index in [4.69, 9.17) is 4.42 Å². The van der Waals surface area contributed by atoms with E-state index in [0.717, 1.165) is 5.56 Å². The number of fused-ring (bicyclic) bond motifs is 1. The Hall–Kier alpha value is -1.61. The monoisotopic (exact) mass is 204 g/mol. The van der Waals surface area contributed by atoms with Crippen molar-refractivity contribution >= 4 is 11.0 Å². The van der Waals surface area contributed by atoms with Crippen molar-refractivity contribution in [1.82, 2.24) is 0 Å². The number of aryl methyl sites for hydroxylation is 1. The van der Waals surface area contributed by atoms with Crippen LogP contribution in [0.2, 0.25) is 0 Å². The Kier molecular flexibility index (Phi) is 2.32. The summed E-state index contributed by atoms with van der Waals surface area (Å²) in [6.45, 7) is 3.54. The summed E-state index contributed by atoms with van der Waals surface area (Å²) in [6, 6.07) is 4.98. The second-order valence-electron chi connectivity index (χ2n) is 3.69. The summed E-state index contributed by atoms with van der Waals surface area (Å²) in [5.41, 5.74) is 1.99. The first-order chi connectivity index (χ1) is 7.09. The molecule has 2 rings (SSSR count). The van der Waals surface area contributed by atoms with Crippen LogP contribution in [0.3, 0.4) is 0 Å². The van der Waals surface area contributed by atoms with E-state index in [1.54, 1.807) is 13.0 Å². The summed E-state index contributed by atoms with van der Waals surface area (Å²) in [4.78, 5) is 11.6. The summed E-state index contributed by atoms with van der Waals surface area (Å²) in [5, 5.41) is 10.1. The molecule has 1 heterocycles. The molecule has 2 aromatic rings. The van der Waals surface area contributed by atoms with Crippen molar-refractivity contribution < 1.29 is 9.52 Å². The van der Waals surface area contributed by atoms with Crippen molar-refractivity contribution in [3.63, 3.8) is 0 Å². The first kappa shape index (κ1) is 9.93. The van der Waals surface area contributed by atoms with Gasteiger partial charge in [0.25, 0.3) is 0 Å². The average molecular weight is 204 g/mol. The van der Waals surface area contributed by atoms with Crippen LogP contribution >= 0.6 is 0 Å². The number of rotatable bonds is 1. The van der Waals surface area contributed by atoms with Crippen LogP contribution in [0.1, 0.15) is 24.2 Å². The minimum absolute atomic E-state index is 0.0816. The molecule has 1 aromatic carbocycles. The van der Waals surface area contributed by atoms with Gasteiger partial charge in [0.05, 0.1) is 17.8 Å². The van der Waals surface area contributed by atoms with Crippen molar-refractivity contribution in [1.29, 1.82) is 0 Å². The van der Waals surface area contributed by atoms with Gasteiger partial charge in [0, 0.05) is 11.6 Å². The molecule has 1 unspecified atom stereocenters. The third-order valence-corrected chi connectivity index (χ3v) is 2.38. The van der Waals surface area contributed by atoms with Gasteiger partial charge in [0.1, 0.15) is 5.58 Å². The molecule has 3 heteroatoms. The first-order valence-corrected chi connectivity index (χ1v) is 4.79. The molecule has 1 aromatic heterocycles. The second-order valence-corrected chi connectivity index (χ2v) is 3.69. The molecule has 0 saturated carbocycles. The fourth-order valence-corrected chi connectivity index (χ4v) is 1.68. The van der Waals surface area contributed by atoms with E-state index >= 15 is 0 Å². The quantitative estimate of drug-likeness (QED) is 0.774. The number of benzene rings is 1. The predicted molar refractivity (Wildman–Crippen MR) is 57.9 cm³/mol. The SMILES string of the molecule is Cc1cc(C(C)O)c2occc(=O)c2c1. The van der Waals surface area contributed by atoms with Crippen molar-refractivity contribution in [3.8, 4) is 0 Å². The van der Waals surface area contributed by atoms with Crippen molar-refractivity contribution in [2.24, 2.45) is 0 Å². The van der Waals surface area contributed by atoms with Gasteiger partial charge in [-0.05, 0) is 31.5 Å². The van der Waals surface area contributed by atoms with Crippen molar-refractivity contribution in [2.45, 2.75) is 20.0 Å². The molecule has 1 N–H and O–H groups in total. The van der Waals surface area contributed by atoms with Crippen molar-refractivity contribution in [3.05, 3.63) is 45.8 Å². The average Bonchev–Trinajstić information content (AvgIpc) is 2.18. The van der Waals surface area contributed by atoms with Gasteiger partial charge >= 0.3 is 0 Å². The summed E-state index contributed by atoms with van der Waals surface area (Å²) in [6.07, 6.45) is 0.712. The molecule has 0 bridgehead atoms. The minimum Gasteiger partial charge on any atom is -0.464 e. The number of aliphatic hydroxyl groups excluding tert-OH is 1. The largest absolute Gasteiger partial charge is 0.464 e. The molecule has 0 aliphatic heterocycles. The zero-order valence-corrected chi connectivity index (χ0v) is 8.65. The van der Waals surface area contributed by atoms with Gasteiger partial charge in [-0.3, -0.25) is 4.79 Å². The molecule has 0 spiro atoms. The molecule has 0 saturated heterocycles.